The summed E-state index contributed by atoms with van der Waals surface area (Å²) in [5.74, 6) is 0. The van der Waals surface area contributed by atoms with Crippen molar-refractivity contribution in [2.45, 2.75) is 13.8 Å². The van der Waals surface area contributed by atoms with Crippen LogP contribution in [0.4, 0.5) is 22.7 Å². The molecule has 122 valence electrons. The molecule has 0 aliphatic carbocycles. The molecule has 2 rings (SSSR count). The van der Waals surface area contributed by atoms with Gasteiger partial charge in [-0.15, -0.1) is 0 Å². The molecule has 0 aromatic heterocycles. The van der Waals surface area contributed by atoms with Crippen molar-refractivity contribution < 1.29 is 9.85 Å². The molecule has 0 saturated carbocycles. The van der Waals surface area contributed by atoms with Crippen LogP contribution in [0.25, 0.3) is 0 Å². The van der Waals surface area contributed by atoms with Crippen molar-refractivity contribution in [3.05, 3.63) is 66.2 Å². The number of rotatable bonds is 2. The van der Waals surface area contributed by atoms with E-state index in [1.54, 1.807) is 18.2 Å². The van der Waals surface area contributed by atoms with Crippen LogP contribution in [0.3, 0.4) is 0 Å². The predicted octanol–water partition coefficient (Wildman–Crippen LogP) is 3.73. The first-order valence-corrected chi connectivity index (χ1v) is 7.13. The smallest absolute Gasteiger partial charge is 0.293 e. The molecule has 0 atom stereocenters. The third-order valence-corrected chi connectivity index (χ3v) is 3.74. The largest absolute Gasteiger partial charge is 0.393 e. The zero-order chi connectivity index (χ0) is 17.7. The van der Waals surface area contributed by atoms with Gasteiger partial charge in [0.2, 0.25) is 0 Å². The van der Waals surface area contributed by atoms with E-state index in [0.29, 0.717) is 4.47 Å². The number of nitro groups is 2. The number of hydrogen-bond acceptors (Lipinski definition) is 6. The van der Waals surface area contributed by atoms with Crippen LogP contribution < -0.4 is 11.5 Å². The van der Waals surface area contributed by atoms with Crippen LogP contribution in [0.1, 0.15) is 11.1 Å². The summed E-state index contributed by atoms with van der Waals surface area (Å²) in [6.45, 7) is 3.66. The summed E-state index contributed by atoms with van der Waals surface area (Å²) >= 11 is 3.19. The quantitative estimate of drug-likeness (QED) is 0.460. The van der Waals surface area contributed by atoms with Gasteiger partial charge >= 0.3 is 0 Å². The Kier molecular flexibility index (Phi) is 6.02. The van der Waals surface area contributed by atoms with Crippen molar-refractivity contribution >= 4 is 38.7 Å². The van der Waals surface area contributed by atoms with Crippen LogP contribution >= 0.6 is 15.9 Å². The standard InChI is InChI=1S/C7H7BrN2O2.C7H8N2O2/c1-4-2-6(9)7(10(11)12)3-5(4)8;1-5-2-3-7(9(10)11)6(8)4-5/h2-3H,9H2,1H3;2-4H,8H2,1H3. The van der Waals surface area contributed by atoms with Gasteiger partial charge in [-0.2, -0.15) is 0 Å². The number of aryl methyl sites for hydroxylation is 2. The summed E-state index contributed by atoms with van der Waals surface area (Å²) in [6.07, 6.45) is 0. The monoisotopic (exact) mass is 382 g/mol. The molecule has 0 radical (unpaired) electrons. The Balaban J connectivity index is 0.000000231. The maximum atomic E-state index is 10.4. The molecule has 9 heteroatoms. The van der Waals surface area contributed by atoms with Crippen LogP contribution in [0, 0.1) is 34.1 Å². The molecule has 0 saturated heterocycles. The molecule has 0 amide bonds. The number of halogens is 1. The van der Waals surface area contributed by atoms with Gasteiger partial charge in [-0.1, -0.05) is 22.0 Å². The normalized spacial score (nSPS) is 9.70. The Hall–Kier alpha value is -2.68. The van der Waals surface area contributed by atoms with E-state index >= 15 is 0 Å². The van der Waals surface area contributed by atoms with Gasteiger partial charge in [-0.3, -0.25) is 20.2 Å². The minimum atomic E-state index is -0.500. The maximum Gasteiger partial charge on any atom is 0.293 e. The maximum absolute atomic E-state index is 10.4. The van der Waals surface area contributed by atoms with Crippen molar-refractivity contribution in [3.8, 4) is 0 Å². The van der Waals surface area contributed by atoms with E-state index < -0.39 is 9.85 Å². The molecule has 8 nitrogen and oxygen atoms in total. The molecule has 0 aliphatic heterocycles. The van der Waals surface area contributed by atoms with E-state index in [1.807, 2.05) is 13.8 Å². The average Bonchev–Trinajstić information content (AvgIpc) is 2.42. The van der Waals surface area contributed by atoms with Gasteiger partial charge in [-0.25, -0.2) is 0 Å². The average molecular weight is 383 g/mol. The van der Waals surface area contributed by atoms with Gasteiger partial charge in [0.1, 0.15) is 11.4 Å². The van der Waals surface area contributed by atoms with E-state index in [-0.39, 0.29) is 22.7 Å². The second kappa shape index (κ2) is 7.54. The second-order valence-corrected chi connectivity index (χ2v) is 5.59. The number of nitrogens with two attached hydrogens (primary N) is 2. The van der Waals surface area contributed by atoms with E-state index in [4.69, 9.17) is 11.5 Å². The van der Waals surface area contributed by atoms with Crippen molar-refractivity contribution in [1.29, 1.82) is 0 Å². The number of hydrogen-bond donors (Lipinski definition) is 2. The third-order valence-electron chi connectivity index (χ3n) is 2.88. The highest BCUT2D eigenvalue weighted by Gasteiger charge is 2.12. The summed E-state index contributed by atoms with van der Waals surface area (Å²) < 4.78 is 0.698. The number of nitrogen functional groups attached to an aromatic ring is 2. The molecule has 0 spiro atoms. The minimum Gasteiger partial charge on any atom is -0.393 e. The SMILES string of the molecule is Cc1cc(N)c([N+](=O)[O-])cc1Br.Cc1ccc([N+](=O)[O-])c(N)c1. The zero-order valence-corrected chi connectivity index (χ0v) is 14.0. The highest BCUT2D eigenvalue weighted by atomic mass is 79.9. The van der Waals surface area contributed by atoms with Crippen LogP contribution in [-0.4, -0.2) is 9.85 Å². The van der Waals surface area contributed by atoms with E-state index in [9.17, 15) is 20.2 Å². The highest BCUT2D eigenvalue weighted by molar-refractivity contribution is 9.10. The Bertz CT molecular complexity index is 765. The molecular weight excluding hydrogens is 368 g/mol. The topological polar surface area (TPSA) is 138 Å². The summed E-state index contributed by atoms with van der Waals surface area (Å²) in [7, 11) is 0. The summed E-state index contributed by atoms with van der Waals surface area (Å²) in [5, 5.41) is 20.6. The van der Waals surface area contributed by atoms with Crippen molar-refractivity contribution in [2.75, 3.05) is 11.5 Å². The molecule has 0 heterocycles. The zero-order valence-electron chi connectivity index (χ0n) is 12.4. The first kappa shape index (κ1) is 18.4. The van der Waals surface area contributed by atoms with Crippen molar-refractivity contribution in [2.24, 2.45) is 0 Å². The third kappa shape index (κ3) is 4.92. The Morgan fingerprint density at radius 1 is 0.913 bits per heavy atom. The summed E-state index contributed by atoms with van der Waals surface area (Å²) in [4.78, 5) is 19.7. The fraction of sp³-hybridized carbons (Fsp3) is 0.143. The molecule has 2 aromatic rings. The van der Waals surface area contributed by atoms with Gasteiger partial charge in [-0.05, 0) is 37.1 Å². The molecular formula is C14H15BrN4O4. The van der Waals surface area contributed by atoms with Crippen LogP contribution in [0.5, 0.6) is 0 Å². The van der Waals surface area contributed by atoms with Crippen LogP contribution in [0.15, 0.2) is 34.8 Å². The lowest BCUT2D eigenvalue weighted by atomic mass is 10.2. The first-order chi connectivity index (χ1) is 10.6. The van der Waals surface area contributed by atoms with E-state index in [1.165, 1.54) is 12.1 Å². The molecule has 4 N–H and O–H groups in total. The lowest BCUT2D eigenvalue weighted by Crippen LogP contribution is -1.96. The fourth-order valence-corrected chi connectivity index (χ4v) is 2.02. The Morgan fingerprint density at radius 3 is 1.91 bits per heavy atom. The van der Waals surface area contributed by atoms with Gasteiger partial charge in [0.15, 0.2) is 0 Å². The van der Waals surface area contributed by atoms with Crippen molar-refractivity contribution in [1.82, 2.24) is 0 Å². The number of anilines is 2. The molecule has 23 heavy (non-hydrogen) atoms. The van der Waals surface area contributed by atoms with Crippen LogP contribution in [0.2, 0.25) is 0 Å². The van der Waals surface area contributed by atoms with Gasteiger partial charge in [0.05, 0.1) is 9.85 Å². The number of nitrogens with zero attached hydrogens (tertiary/aromatic N) is 2. The predicted molar refractivity (Wildman–Crippen MR) is 92.2 cm³/mol. The molecule has 0 bridgehead atoms. The Morgan fingerprint density at radius 2 is 1.43 bits per heavy atom. The Labute approximate surface area is 140 Å². The first-order valence-electron chi connectivity index (χ1n) is 6.34. The van der Waals surface area contributed by atoms with Gasteiger partial charge in [0.25, 0.3) is 11.4 Å². The van der Waals surface area contributed by atoms with Crippen LogP contribution in [-0.2, 0) is 0 Å². The molecule has 0 aliphatic rings. The fourth-order valence-electron chi connectivity index (χ4n) is 1.69. The van der Waals surface area contributed by atoms with Gasteiger partial charge in [0, 0.05) is 16.6 Å². The molecule has 0 unspecified atom stereocenters. The summed E-state index contributed by atoms with van der Waals surface area (Å²) in [6, 6.07) is 7.63. The number of nitro benzene ring substituents is 2. The van der Waals surface area contributed by atoms with E-state index in [0.717, 1.165) is 11.1 Å². The lowest BCUT2D eigenvalue weighted by Gasteiger charge is -2.00. The van der Waals surface area contributed by atoms with E-state index in [2.05, 4.69) is 15.9 Å². The number of benzene rings is 2. The highest BCUT2D eigenvalue weighted by Crippen LogP contribution is 2.28. The minimum absolute atomic E-state index is 0.0319. The summed E-state index contributed by atoms with van der Waals surface area (Å²) in [5.41, 5.74) is 12.9. The molecule has 2 aromatic carbocycles. The molecule has 0 fully saturated rings. The lowest BCUT2D eigenvalue weighted by molar-refractivity contribution is -0.384. The van der Waals surface area contributed by atoms with Crippen molar-refractivity contribution in [3.63, 3.8) is 0 Å². The van der Waals surface area contributed by atoms with Gasteiger partial charge < -0.3 is 11.5 Å². The second-order valence-electron chi connectivity index (χ2n) is 4.74.